The predicted octanol–water partition coefficient (Wildman–Crippen LogP) is 2.46. The molecule has 1 atom stereocenters. The van der Waals surface area contributed by atoms with E-state index in [0.29, 0.717) is 36.5 Å². The van der Waals surface area contributed by atoms with Gasteiger partial charge in [0.15, 0.2) is 12.3 Å². The van der Waals surface area contributed by atoms with Crippen LogP contribution in [0.1, 0.15) is 39.1 Å². The summed E-state index contributed by atoms with van der Waals surface area (Å²) in [4.78, 5) is 27.9. The third-order valence-electron chi connectivity index (χ3n) is 6.54. The summed E-state index contributed by atoms with van der Waals surface area (Å²) in [6, 6.07) is 8.01. The smallest absolute Gasteiger partial charge is 0.422 e. The summed E-state index contributed by atoms with van der Waals surface area (Å²) in [5, 5.41) is 24.7. The Morgan fingerprint density at radius 3 is 2.76 bits per heavy atom. The number of alkyl halides is 3. The van der Waals surface area contributed by atoms with E-state index in [1.165, 1.54) is 11.0 Å². The van der Waals surface area contributed by atoms with Gasteiger partial charge in [-0.3, -0.25) is 14.6 Å². The number of ether oxygens (including phenoxy) is 1. The number of aromatic nitrogens is 5. The maximum Gasteiger partial charge on any atom is 0.422 e. The molecule has 0 aliphatic carbocycles. The fourth-order valence-corrected chi connectivity index (χ4v) is 4.73. The van der Waals surface area contributed by atoms with Crippen LogP contribution in [0, 0.1) is 0 Å². The van der Waals surface area contributed by atoms with E-state index in [4.69, 9.17) is 4.74 Å². The van der Waals surface area contributed by atoms with Gasteiger partial charge in [0.1, 0.15) is 11.4 Å². The number of nitrogens with zero attached hydrogens (tertiary/aromatic N) is 6. The number of carbonyl (C=O) groups excluding carboxylic acids is 1. The molecule has 2 aromatic heterocycles. The molecule has 2 aliphatic rings. The number of benzene rings is 1. The third kappa shape index (κ3) is 5.37. The minimum absolute atomic E-state index is 0.0741. The Kier molecular flexibility index (Phi) is 6.48. The van der Waals surface area contributed by atoms with Gasteiger partial charge < -0.3 is 19.6 Å². The Labute approximate surface area is 208 Å². The van der Waals surface area contributed by atoms with Gasteiger partial charge in [-0.1, -0.05) is 23.4 Å². The van der Waals surface area contributed by atoms with Crippen LogP contribution in [-0.4, -0.2) is 84.5 Å². The number of fused-ring (bicyclic) bond motifs is 2. The van der Waals surface area contributed by atoms with Gasteiger partial charge in [0.25, 0.3) is 5.91 Å². The maximum atomic E-state index is 13.3. The number of rotatable bonds is 5. The zero-order chi connectivity index (χ0) is 26.2. The van der Waals surface area contributed by atoms with E-state index in [0.717, 1.165) is 5.69 Å². The lowest BCUT2D eigenvalue weighted by Crippen LogP contribution is -2.36. The summed E-state index contributed by atoms with van der Waals surface area (Å²) >= 11 is 0. The van der Waals surface area contributed by atoms with Crippen LogP contribution in [0.15, 0.2) is 30.3 Å². The van der Waals surface area contributed by atoms with Crippen molar-refractivity contribution in [1.82, 2.24) is 35.0 Å². The lowest BCUT2D eigenvalue weighted by Gasteiger charge is -2.25. The van der Waals surface area contributed by atoms with E-state index in [2.05, 4.69) is 20.5 Å². The summed E-state index contributed by atoms with van der Waals surface area (Å²) in [7, 11) is 0. The molecule has 0 saturated heterocycles. The Morgan fingerprint density at radius 1 is 1.16 bits per heavy atom. The normalized spacial score (nSPS) is 17.6. The first kappa shape index (κ1) is 24.6. The summed E-state index contributed by atoms with van der Waals surface area (Å²) in [5.74, 6) is -0.672. The Bertz CT molecular complexity index is 1310. The minimum atomic E-state index is -4.50. The van der Waals surface area contributed by atoms with Crippen LogP contribution in [0.3, 0.4) is 0 Å². The van der Waals surface area contributed by atoms with Gasteiger partial charge >= 0.3 is 12.3 Å². The largest absolute Gasteiger partial charge is 0.484 e. The van der Waals surface area contributed by atoms with E-state index < -0.39 is 24.8 Å². The van der Waals surface area contributed by atoms with Gasteiger partial charge in [-0.2, -0.15) is 18.3 Å². The van der Waals surface area contributed by atoms with E-state index in [1.54, 1.807) is 33.8 Å². The molecule has 1 unspecified atom stereocenters. The number of aromatic amines is 1. The molecule has 2 aliphatic heterocycles. The highest BCUT2D eigenvalue weighted by Gasteiger charge is 2.33. The monoisotopic (exact) mass is 519 g/mol. The van der Waals surface area contributed by atoms with Crippen molar-refractivity contribution >= 4 is 12.0 Å². The van der Waals surface area contributed by atoms with Crippen molar-refractivity contribution in [3.8, 4) is 5.75 Å². The first-order chi connectivity index (χ1) is 17.7. The molecule has 3 aromatic rings. The van der Waals surface area contributed by atoms with E-state index in [9.17, 15) is 27.9 Å². The van der Waals surface area contributed by atoms with Gasteiger partial charge in [-0.05, 0) is 24.1 Å². The molecule has 0 bridgehead atoms. The second kappa shape index (κ2) is 9.75. The average Bonchev–Trinajstić information content (AvgIpc) is 3.47. The van der Waals surface area contributed by atoms with E-state index in [-0.39, 0.29) is 43.4 Å². The molecule has 11 nitrogen and oxygen atoms in total. The number of halogens is 3. The Morgan fingerprint density at radius 2 is 1.97 bits per heavy atom. The van der Waals surface area contributed by atoms with E-state index in [1.807, 2.05) is 0 Å². The van der Waals surface area contributed by atoms with Crippen LogP contribution in [-0.2, 0) is 25.9 Å². The molecule has 37 heavy (non-hydrogen) atoms. The number of hydrogen-bond acceptors (Lipinski definition) is 6. The number of nitrogens with one attached hydrogen (secondary N) is 1. The number of amides is 2. The summed E-state index contributed by atoms with van der Waals surface area (Å²) in [6.45, 7) is -0.174. The summed E-state index contributed by atoms with van der Waals surface area (Å²) in [5.41, 5.74) is 2.95. The lowest BCUT2D eigenvalue weighted by molar-refractivity contribution is -0.153. The molecule has 2 amide bonds. The average molecular weight is 519 g/mol. The molecular weight excluding hydrogens is 495 g/mol. The molecule has 196 valence electrons. The van der Waals surface area contributed by atoms with Crippen molar-refractivity contribution in [2.45, 2.75) is 38.0 Å². The highest BCUT2D eigenvalue weighted by Crippen LogP contribution is 2.31. The number of para-hydroxylation sites is 1. The van der Waals surface area contributed by atoms with Crippen LogP contribution < -0.4 is 4.74 Å². The molecule has 2 N–H and O–H groups in total. The lowest BCUT2D eigenvalue weighted by atomic mass is 9.94. The molecule has 1 aromatic carbocycles. The molecule has 4 heterocycles. The molecule has 0 saturated carbocycles. The minimum Gasteiger partial charge on any atom is -0.484 e. The van der Waals surface area contributed by atoms with Gasteiger partial charge in [-0.15, -0.1) is 5.10 Å². The number of H-pyrrole nitrogens is 1. The van der Waals surface area contributed by atoms with Crippen LogP contribution in [0.4, 0.5) is 18.0 Å². The zero-order valence-corrected chi connectivity index (χ0v) is 19.6. The van der Waals surface area contributed by atoms with Crippen molar-refractivity contribution in [2.75, 3.05) is 26.2 Å². The summed E-state index contributed by atoms with van der Waals surface area (Å²) in [6.07, 6.45) is -4.81. The van der Waals surface area contributed by atoms with Crippen molar-refractivity contribution < 1.29 is 32.6 Å². The highest BCUT2D eigenvalue weighted by atomic mass is 19.4. The van der Waals surface area contributed by atoms with Crippen LogP contribution in [0.2, 0.25) is 0 Å². The van der Waals surface area contributed by atoms with Crippen molar-refractivity contribution in [1.29, 1.82) is 0 Å². The fraction of sp³-hybridized carbons (Fsp3) is 0.435. The van der Waals surface area contributed by atoms with E-state index >= 15 is 0 Å². The predicted molar refractivity (Wildman–Crippen MR) is 121 cm³/mol. The number of hydrogen-bond donors (Lipinski definition) is 2. The van der Waals surface area contributed by atoms with Gasteiger partial charge in [0.2, 0.25) is 0 Å². The van der Waals surface area contributed by atoms with Crippen molar-refractivity contribution in [2.24, 2.45) is 0 Å². The molecule has 14 heteroatoms. The Hall–Kier alpha value is -4.10. The molecule has 0 fully saturated rings. The Balaban J connectivity index is 1.41. The second-order valence-corrected chi connectivity index (χ2v) is 9.03. The van der Waals surface area contributed by atoms with Crippen molar-refractivity contribution in [3.05, 3.63) is 58.7 Å². The molecule has 0 spiro atoms. The fourth-order valence-electron chi connectivity index (χ4n) is 4.73. The quantitative estimate of drug-likeness (QED) is 0.530. The van der Waals surface area contributed by atoms with Gasteiger partial charge in [-0.25, -0.2) is 4.79 Å². The summed E-state index contributed by atoms with van der Waals surface area (Å²) < 4.78 is 44.9. The van der Waals surface area contributed by atoms with Gasteiger partial charge in [0.05, 0.1) is 18.8 Å². The van der Waals surface area contributed by atoms with Crippen LogP contribution >= 0.6 is 0 Å². The molecule has 0 radical (unpaired) electrons. The first-order valence-electron chi connectivity index (χ1n) is 11.7. The topological polar surface area (TPSA) is 129 Å². The zero-order valence-electron chi connectivity index (χ0n) is 19.6. The highest BCUT2D eigenvalue weighted by molar-refractivity contribution is 5.92. The third-order valence-corrected chi connectivity index (χ3v) is 6.54. The number of carboxylic acid groups (broad SMARTS) is 1. The maximum absolute atomic E-state index is 13.3. The van der Waals surface area contributed by atoms with Gasteiger partial charge in [0, 0.05) is 37.7 Å². The van der Waals surface area contributed by atoms with Crippen LogP contribution in [0.5, 0.6) is 5.75 Å². The molecular formula is C23H24F3N7O4. The molecule has 5 rings (SSSR count). The van der Waals surface area contributed by atoms with Crippen LogP contribution in [0.25, 0.3) is 0 Å². The number of carbonyl (C=O) groups is 2. The standard InChI is InChI=1S/C23H24F3N7O4/c24-23(25,26)13-37-20-4-2-1-3-14(20)9-15-11-32(22(35)36)7-8-33-19(15)10-17(29-33)21(34)31-6-5-16-18(12-31)28-30-27-16/h1-4,10,15H,5-9,11-13H2,(H,35,36)(H,27,28,30). The first-order valence-corrected chi connectivity index (χ1v) is 11.7. The second-order valence-electron chi connectivity index (χ2n) is 9.03. The van der Waals surface area contributed by atoms with Crippen molar-refractivity contribution in [3.63, 3.8) is 0 Å². The SMILES string of the molecule is O=C(O)N1CCn2nc(C(=O)N3CCc4[nH]nnc4C3)cc2C(Cc2ccccc2OCC(F)(F)F)C1.